The fourth-order valence-corrected chi connectivity index (χ4v) is 2.37. The number of nitrogens with zero attached hydrogens (tertiary/aromatic N) is 1. The van der Waals surface area contributed by atoms with Crippen molar-refractivity contribution in [2.45, 2.75) is 32.1 Å². The Morgan fingerprint density at radius 1 is 1.42 bits per heavy atom. The highest BCUT2D eigenvalue weighted by molar-refractivity contribution is 5.95. The van der Waals surface area contributed by atoms with Gasteiger partial charge in [0.2, 0.25) is 5.88 Å². The van der Waals surface area contributed by atoms with E-state index in [-0.39, 0.29) is 0 Å². The predicted octanol–water partition coefficient (Wildman–Crippen LogP) is 2.41. The van der Waals surface area contributed by atoms with Crippen molar-refractivity contribution in [2.24, 2.45) is 5.92 Å². The highest BCUT2D eigenvalue weighted by Crippen LogP contribution is 2.25. The van der Waals surface area contributed by atoms with Gasteiger partial charge in [0, 0.05) is 6.07 Å². The second-order valence-corrected chi connectivity index (χ2v) is 4.92. The van der Waals surface area contributed by atoms with Crippen molar-refractivity contribution in [1.29, 1.82) is 0 Å². The summed E-state index contributed by atoms with van der Waals surface area (Å²) in [5.74, 6) is 0.553. The second-order valence-electron chi connectivity index (χ2n) is 4.92. The number of esters is 1. The SMILES string of the molecule is COC(=O)c1cc(OCC2CCCCC2)ncc1N. The van der Waals surface area contributed by atoms with Crippen LogP contribution in [0.1, 0.15) is 42.5 Å². The summed E-state index contributed by atoms with van der Waals surface area (Å²) in [6.07, 6.45) is 7.72. The van der Waals surface area contributed by atoms with Gasteiger partial charge in [-0.1, -0.05) is 19.3 Å². The molecule has 0 saturated heterocycles. The van der Waals surface area contributed by atoms with Crippen LogP contribution < -0.4 is 10.5 Å². The topological polar surface area (TPSA) is 74.4 Å². The molecule has 0 aliphatic heterocycles. The predicted molar refractivity (Wildman–Crippen MR) is 72.1 cm³/mol. The number of hydrogen-bond donors (Lipinski definition) is 1. The number of nitrogen functional groups attached to an aromatic ring is 1. The molecule has 0 bridgehead atoms. The molecule has 19 heavy (non-hydrogen) atoms. The van der Waals surface area contributed by atoms with E-state index in [9.17, 15) is 4.79 Å². The first-order chi connectivity index (χ1) is 9.20. The molecule has 0 amide bonds. The lowest BCUT2D eigenvalue weighted by atomic mass is 9.90. The number of anilines is 1. The molecule has 2 rings (SSSR count). The van der Waals surface area contributed by atoms with Gasteiger partial charge < -0.3 is 15.2 Å². The molecule has 0 atom stereocenters. The maximum Gasteiger partial charge on any atom is 0.340 e. The van der Waals surface area contributed by atoms with E-state index in [0.29, 0.717) is 29.7 Å². The lowest BCUT2D eigenvalue weighted by Gasteiger charge is -2.21. The molecule has 0 spiro atoms. The quantitative estimate of drug-likeness (QED) is 0.845. The van der Waals surface area contributed by atoms with Gasteiger partial charge in [-0.25, -0.2) is 9.78 Å². The first-order valence-corrected chi connectivity index (χ1v) is 6.67. The molecular weight excluding hydrogens is 244 g/mol. The second kappa shape index (κ2) is 6.41. The minimum absolute atomic E-state index is 0.302. The van der Waals surface area contributed by atoms with Crippen molar-refractivity contribution in [3.63, 3.8) is 0 Å². The lowest BCUT2D eigenvalue weighted by molar-refractivity contribution is 0.0601. The number of carbonyl (C=O) groups is 1. The number of methoxy groups -OCH3 is 1. The van der Waals surface area contributed by atoms with E-state index in [1.54, 1.807) is 6.07 Å². The number of ether oxygens (including phenoxy) is 2. The highest BCUT2D eigenvalue weighted by atomic mass is 16.5. The molecule has 1 aromatic rings. The van der Waals surface area contributed by atoms with Crippen LogP contribution in [0.5, 0.6) is 5.88 Å². The monoisotopic (exact) mass is 264 g/mol. The molecular formula is C14H20N2O3. The van der Waals surface area contributed by atoms with Crippen molar-refractivity contribution in [3.05, 3.63) is 17.8 Å². The summed E-state index contributed by atoms with van der Waals surface area (Å²) < 4.78 is 10.3. The van der Waals surface area contributed by atoms with Gasteiger partial charge in [-0.05, 0) is 18.8 Å². The van der Waals surface area contributed by atoms with E-state index in [1.807, 2.05) is 0 Å². The van der Waals surface area contributed by atoms with Gasteiger partial charge in [0.05, 0.1) is 31.2 Å². The van der Waals surface area contributed by atoms with Gasteiger partial charge >= 0.3 is 5.97 Å². The molecule has 2 N–H and O–H groups in total. The summed E-state index contributed by atoms with van der Waals surface area (Å²) in [4.78, 5) is 15.6. The summed E-state index contributed by atoms with van der Waals surface area (Å²) in [7, 11) is 1.32. The molecule has 5 nitrogen and oxygen atoms in total. The Balaban J connectivity index is 1.98. The van der Waals surface area contributed by atoms with E-state index in [0.717, 1.165) is 0 Å². The van der Waals surface area contributed by atoms with Crippen molar-refractivity contribution in [1.82, 2.24) is 4.98 Å². The smallest absolute Gasteiger partial charge is 0.340 e. The number of aromatic nitrogens is 1. The van der Waals surface area contributed by atoms with E-state index in [4.69, 9.17) is 10.5 Å². The Hall–Kier alpha value is -1.78. The molecule has 1 fully saturated rings. The number of rotatable bonds is 4. The van der Waals surface area contributed by atoms with Gasteiger partial charge in [-0.3, -0.25) is 0 Å². The third-order valence-corrected chi connectivity index (χ3v) is 3.51. The molecule has 0 radical (unpaired) electrons. The zero-order valence-corrected chi connectivity index (χ0v) is 11.2. The molecule has 1 aliphatic carbocycles. The number of nitrogens with two attached hydrogens (primary N) is 1. The number of carbonyl (C=O) groups excluding carboxylic acids is 1. The van der Waals surface area contributed by atoms with E-state index in [1.165, 1.54) is 45.4 Å². The molecule has 1 heterocycles. The summed E-state index contributed by atoms with van der Waals surface area (Å²) in [5, 5.41) is 0. The maximum absolute atomic E-state index is 11.5. The summed E-state index contributed by atoms with van der Waals surface area (Å²) in [6.45, 7) is 0.650. The largest absolute Gasteiger partial charge is 0.477 e. The van der Waals surface area contributed by atoms with Crippen LogP contribution in [0, 0.1) is 5.92 Å². The van der Waals surface area contributed by atoms with Gasteiger partial charge in [0.15, 0.2) is 0 Å². The van der Waals surface area contributed by atoms with Crippen LogP contribution in [-0.4, -0.2) is 24.7 Å². The van der Waals surface area contributed by atoms with E-state index in [2.05, 4.69) is 9.72 Å². The van der Waals surface area contributed by atoms with E-state index < -0.39 is 5.97 Å². The molecule has 104 valence electrons. The van der Waals surface area contributed by atoms with Crippen molar-refractivity contribution < 1.29 is 14.3 Å². The van der Waals surface area contributed by atoms with Crippen LogP contribution in [0.25, 0.3) is 0 Å². The van der Waals surface area contributed by atoms with Crippen molar-refractivity contribution >= 4 is 11.7 Å². The summed E-state index contributed by atoms with van der Waals surface area (Å²) >= 11 is 0. The van der Waals surface area contributed by atoms with Crippen LogP contribution in [0.2, 0.25) is 0 Å². The minimum Gasteiger partial charge on any atom is -0.477 e. The molecule has 1 saturated carbocycles. The third-order valence-electron chi connectivity index (χ3n) is 3.51. The zero-order valence-electron chi connectivity index (χ0n) is 11.2. The average Bonchev–Trinajstić information content (AvgIpc) is 2.46. The van der Waals surface area contributed by atoms with Crippen LogP contribution in [0.3, 0.4) is 0 Å². The Morgan fingerprint density at radius 3 is 2.84 bits per heavy atom. The fourth-order valence-electron chi connectivity index (χ4n) is 2.37. The van der Waals surface area contributed by atoms with Gasteiger partial charge in [-0.15, -0.1) is 0 Å². The first kappa shape index (κ1) is 13.6. The lowest BCUT2D eigenvalue weighted by Crippen LogP contribution is -2.16. The van der Waals surface area contributed by atoms with Crippen molar-refractivity contribution in [3.8, 4) is 5.88 Å². The average molecular weight is 264 g/mol. The molecule has 0 unspecified atom stereocenters. The van der Waals surface area contributed by atoms with Gasteiger partial charge in [0.25, 0.3) is 0 Å². The Morgan fingerprint density at radius 2 is 2.16 bits per heavy atom. The number of hydrogen-bond acceptors (Lipinski definition) is 5. The van der Waals surface area contributed by atoms with Gasteiger partial charge in [-0.2, -0.15) is 0 Å². The van der Waals surface area contributed by atoms with Crippen LogP contribution in [0.4, 0.5) is 5.69 Å². The summed E-state index contributed by atoms with van der Waals surface area (Å²) in [5.41, 5.74) is 6.29. The molecule has 5 heteroatoms. The Bertz CT molecular complexity index is 442. The highest BCUT2D eigenvalue weighted by Gasteiger charge is 2.16. The van der Waals surface area contributed by atoms with E-state index >= 15 is 0 Å². The van der Waals surface area contributed by atoms with Crippen LogP contribution in [-0.2, 0) is 4.74 Å². The maximum atomic E-state index is 11.5. The fraction of sp³-hybridized carbons (Fsp3) is 0.571. The molecule has 0 aromatic carbocycles. The summed E-state index contributed by atoms with van der Waals surface area (Å²) in [6, 6.07) is 1.55. The Kier molecular flexibility index (Phi) is 4.60. The number of pyridine rings is 1. The van der Waals surface area contributed by atoms with Crippen molar-refractivity contribution in [2.75, 3.05) is 19.5 Å². The third kappa shape index (κ3) is 3.59. The zero-order chi connectivity index (χ0) is 13.7. The molecule has 1 aliphatic rings. The van der Waals surface area contributed by atoms with Crippen LogP contribution >= 0.6 is 0 Å². The normalized spacial score (nSPS) is 16.1. The van der Waals surface area contributed by atoms with Crippen LogP contribution in [0.15, 0.2) is 12.3 Å². The minimum atomic E-state index is -0.470. The molecule has 1 aromatic heterocycles. The van der Waals surface area contributed by atoms with Gasteiger partial charge in [0.1, 0.15) is 0 Å². The first-order valence-electron chi connectivity index (χ1n) is 6.67. The Labute approximate surface area is 113 Å². The standard InChI is InChI=1S/C14H20N2O3/c1-18-14(17)11-7-13(16-8-12(11)15)19-9-10-5-3-2-4-6-10/h7-8,10H,2-6,9,15H2,1H3.